The molecule has 1 saturated heterocycles. The quantitative estimate of drug-likeness (QED) is 0.786. The largest absolute Gasteiger partial charge is 0.484 e. The normalized spacial score (nSPS) is 23.2. The van der Waals surface area contributed by atoms with Crippen molar-refractivity contribution in [3.05, 3.63) is 29.3 Å². The summed E-state index contributed by atoms with van der Waals surface area (Å²) in [5, 5.41) is 0.609. The molecule has 0 N–H and O–H groups in total. The van der Waals surface area contributed by atoms with E-state index in [0.29, 0.717) is 21.5 Å². The molecule has 3 nitrogen and oxygen atoms in total. The van der Waals surface area contributed by atoms with Gasteiger partial charge in [-0.2, -0.15) is 0 Å². The summed E-state index contributed by atoms with van der Waals surface area (Å²) in [7, 11) is 0. The van der Waals surface area contributed by atoms with Crippen molar-refractivity contribution in [2.75, 3.05) is 19.7 Å². The Bertz CT molecular complexity index is 455. The predicted molar refractivity (Wildman–Crippen MR) is 80.0 cm³/mol. The van der Waals surface area contributed by atoms with Gasteiger partial charge < -0.3 is 9.64 Å². The number of ether oxygens (including phenoxy) is 1. The van der Waals surface area contributed by atoms with E-state index in [1.165, 1.54) is 0 Å². The Balaban J connectivity index is 1.84. The lowest BCUT2D eigenvalue weighted by Gasteiger charge is -2.34. The second kappa shape index (κ2) is 6.62. The Morgan fingerprint density at radius 3 is 3.05 bits per heavy atom. The maximum atomic E-state index is 12.1. The maximum Gasteiger partial charge on any atom is 0.260 e. The van der Waals surface area contributed by atoms with Crippen LogP contribution in [-0.4, -0.2) is 35.3 Å². The summed E-state index contributed by atoms with van der Waals surface area (Å²) in [6.45, 7) is 3.82. The molecule has 1 heterocycles. The molecular weight excluding hydrogens is 330 g/mol. The highest BCUT2D eigenvalue weighted by molar-refractivity contribution is 9.09. The third kappa shape index (κ3) is 4.11. The molecule has 1 aromatic rings. The van der Waals surface area contributed by atoms with Gasteiger partial charge in [0.25, 0.3) is 5.91 Å². The standard InChI is InChI=1S/C14H17BrClNO2/c1-10-5-6-17(8-13(10)15)14(18)9-19-12-4-2-3-11(16)7-12/h2-4,7,10,13H,5-6,8-9H2,1H3. The summed E-state index contributed by atoms with van der Waals surface area (Å²) in [4.78, 5) is 14.3. The van der Waals surface area contributed by atoms with Crippen LogP contribution in [0.4, 0.5) is 0 Å². The van der Waals surface area contributed by atoms with Crippen LogP contribution in [0.2, 0.25) is 5.02 Å². The van der Waals surface area contributed by atoms with Gasteiger partial charge in [-0.1, -0.05) is 40.5 Å². The second-order valence-corrected chi connectivity index (χ2v) is 6.48. The van der Waals surface area contributed by atoms with Crippen molar-refractivity contribution >= 4 is 33.4 Å². The lowest BCUT2D eigenvalue weighted by molar-refractivity contribution is -0.134. The first kappa shape index (κ1) is 14.7. The number of hydrogen-bond acceptors (Lipinski definition) is 2. The Morgan fingerprint density at radius 1 is 1.58 bits per heavy atom. The van der Waals surface area contributed by atoms with Crippen LogP contribution in [0.3, 0.4) is 0 Å². The summed E-state index contributed by atoms with van der Waals surface area (Å²) in [6, 6.07) is 7.09. The minimum Gasteiger partial charge on any atom is -0.484 e. The number of carbonyl (C=O) groups is 1. The van der Waals surface area contributed by atoms with Crippen LogP contribution < -0.4 is 4.74 Å². The number of nitrogens with zero attached hydrogens (tertiary/aromatic N) is 1. The van der Waals surface area contributed by atoms with Crippen molar-refractivity contribution < 1.29 is 9.53 Å². The smallest absolute Gasteiger partial charge is 0.260 e. The summed E-state index contributed by atoms with van der Waals surface area (Å²) in [6.07, 6.45) is 1.03. The first-order valence-corrected chi connectivity index (χ1v) is 7.66. The lowest BCUT2D eigenvalue weighted by atomic mass is 9.99. The Labute approximate surface area is 127 Å². The topological polar surface area (TPSA) is 29.5 Å². The van der Waals surface area contributed by atoms with Crippen LogP contribution in [-0.2, 0) is 4.79 Å². The third-order valence-electron chi connectivity index (χ3n) is 3.38. The molecule has 19 heavy (non-hydrogen) atoms. The van der Waals surface area contributed by atoms with Crippen molar-refractivity contribution in [2.45, 2.75) is 18.2 Å². The molecule has 1 aliphatic rings. The van der Waals surface area contributed by atoms with Crippen molar-refractivity contribution in [1.82, 2.24) is 4.90 Å². The van der Waals surface area contributed by atoms with E-state index in [1.807, 2.05) is 4.90 Å². The van der Waals surface area contributed by atoms with Crippen molar-refractivity contribution in [3.63, 3.8) is 0 Å². The van der Waals surface area contributed by atoms with Gasteiger partial charge in [0.2, 0.25) is 0 Å². The van der Waals surface area contributed by atoms with Crippen LogP contribution in [0.15, 0.2) is 24.3 Å². The molecule has 0 aromatic heterocycles. The van der Waals surface area contributed by atoms with Crippen LogP contribution >= 0.6 is 27.5 Å². The summed E-state index contributed by atoms with van der Waals surface area (Å²) >= 11 is 9.48. The zero-order chi connectivity index (χ0) is 13.8. The van der Waals surface area contributed by atoms with Crippen LogP contribution in [0.25, 0.3) is 0 Å². The van der Waals surface area contributed by atoms with E-state index in [2.05, 4.69) is 22.9 Å². The fourth-order valence-electron chi connectivity index (χ4n) is 2.04. The molecule has 2 atom stereocenters. The minimum atomic E-state index is 0.0244. The van der Waals surface area contributed by atoms with Crippen molar-refractivity contribution in [1.29, 1.82) is 0 Å². The molecule has 2 unspecified atom stereocenters. The van der Waals surface area contributed by atoms with Crippen molar-refractivity contribution in [2.24, 2.45) is 5.92 Å². The van der Waals surface area contributed by atoms with Gasteiger partial charge in [-0.25, -0.2) is 0 Å². The van der Waals surface area contributed by atoms with E-state index in [9.17, 15) is 4.79 Å². The number of piperidine rings is 1. The first-order chi connectivity index (χ1) is 9.06. The monoisotopic (exact) mass is 345 g/mol. The van der Waals surface area contributed by atoms with Gasteiger partial charge in [0, 0.05) is 22.9 Å². The van der Waals surface area contributed by atoms with Crippen molar-refractivity contribution in [3.8, 4) is 5.75 Å². The van der Waals surface area contributed by atoms with E-state index in [0.717, 1.165) is 19.5 Å². The molecule has 1 aromatic carbocycles. The molecule has 0 aliphatic carbocycles. The molecule has 0 saturated carbocycles. The highest BCUT2D eigenvalue weighted by Crippen LogP contribution is 2.23. The number of rotatable bonds is 3. The highest BCUT2D eigenvalue weighted by atomic mass is 79.9. The van der Waals surface area contributed by atoms with Crippen LogP contribution in [0.5, 0.6) is 5.75 Å². The van der Waals surface area contributed by atoms with E-state index in [1.54, 1.807) is 24.3 Å². The number of benzene rings is 1. The molecule has 0 radical (unpaired) electrons. The average Bonchev–Trinajstić information content (AvgIpc) is 2.39. The van der Waals surface area contributed by atoms with Gasteiger partial charge in [-0.05, 0) is 30.5 Å². The summed E-state index contributed by atoms with van der Waals surface area (Å²) in [5.41, 5.74) is 0. The van der Waals surface area contributed by atoms with Crippen LogP contribution in [0, 0.1) is 5.92 Å². The highest BCUT2D eigenvalue weighted by Gasteiger charge is 2.27. The van der Waals surface area contributed by atoms with Gasteiger partial charge in [0.05, 0.1) is 0 Å². The molecule has 5 heteroatoms. The zero-order valence-corrected chi connectivity index (χ0v) is 13.2. The number of likely N-dealkylation sites (tertiary alicyclic amines) is 1. The van der Waals surface area contributed by atoms with E-state index in [4.69, 9.17) is 16.3 Å². The number of alkyl halides is 1. The van der Waals surface area contributed by atoms with E-state index < -0.39 is 0 Å². The van der Waals surface area contributed by atoms with Gasteiger partial charge in [-0.3, -0.25) is 4.79 Å². The fourth-order valence-corrected chi connectivity index (χ4v) is 2.84. The number of halogens is 2. The number of amides is 1. The molecule has 1 amide bonds. The molecule has 1 aliphatic heterocycles. The Kier molecular flexibility index (Phi) is 5.11. The molecule has 104 valence electrons. The molecule has 0 spiro atoms. The van der Waals surface area contributed by atoms with E-state index in [-0.39, 0.29) is 12.5 Å². The molecular formula is C14H17BrClNO2. The lowest BCUT2D eigenvalue weighted by Crippen LogP contribution is -2.45. The fraction of sp³-hybridized carbons (Fsp3) is 0.500. The Hall–Kier alpha value is -0.740. The number of carbonyl (C=O) groups excluding carboxylic acids is 1. The molecule has 2 rings (SSSR count). The predicted octanol–water partition coefficient (Wildman–Crippen LogP) is 3.35. The van der Waals surface area contributed by atoms with Gasteiger partial charge >= 0.3 is 0 Å². The molecule has 0 bridgehead atoms. The average molecular weight is 347 g/mol. The second-order valence-electron chi connectivity index (χ2n) is 4.87. The van der Waals surface area contributed by atoms with Gasteiger partial charge in [0.1, 0.15) is 5.75 Å². The Morgan fingerprint density at radius 2 is 2.37 bits per heavy atom. The SMILES string of the molecule is CC1CCN(C(=O)COc2cccc(Cl)c2)CC1Br. The summed E-state index contributed by atoms with van der Waals surface area (Å²) < 4.78 is 5.47. The van der Waals surface area contributed by atoms with Gasteiger partial charge in [-0.15, -0.1) is 0 Å². The summed E-state index contributed by atoms with van der Waals surface area (Å²) in [5.74, 6) is 1.26. The van der Waals surface area contributed by atoms with Crippen LogP contribution in [0.1, 0.15) is 13.3 Å². The first-order valence-electron chi connectivity index (χ1n) is 6.36. The minimum absolute atomic E-state index is 0.0244. The number of hydrogen-bond donors (Lipinski definition) is 0. The zero-order valence-electron chi connectivity index (χ0n) is 10.8. The molecule has 1 fully saturated rings. The third-order valence-corrected chi connectivity index (χ3v) is 4.80. The van der Waals surface area contributed by atoms with Gasteiger partial charge in [0.15, 0.2) is 6.61 Å². The van der Waals surface area contributed by atoms with E-state index >= 15 is 0 Å². The maximum absolute atomic E-state index is 12.1.